The standard InChI is InChI=1S/C28H31ClFN3O4S/c1-20(27(35)31-28(2,3)4)32(18-21-10-8-9-13-25(21)29)26(34)19-33(23-16-14-22(30)15-17-23)38(36,37)24-11-6-5-7-12-24/h5-17,20H,18-19H2,1-4H3,(H,31,35). The number of halogens is 2. The van der Waals surface area contributed by atoms with Gasteiger partial charge in [-0.2, -0.15) is 0 Å². The van der Waals surface area contributed by atoms with Crippen molar-refractivity contribution in [2.45, 2.75) is 50.7 Å². The number of hydrogen-bond donors (Lipinski definition) is 1. The van der Waals surface area contributed by atoms with E-state index in [2.05, 4.69) is 5.32 Å². The second-order valence-corrected chi connectivity index (χ2v) is 12.1. The average molecular weight is 560 g/mol. The molecule has 0 aliphatic heterocycles. The predicted molar refractivity (Wildman–Crippen MR) is 147 cm³/mol. The van der Waals surface area contributed by atoms with Gasteiger partial charge in [0.1, 0.15) is 18.4 Å². The summed E-state index contributed by atoms with van der Waals surface area (Å²) in [5, 5.41) is 3.27. The molecule has 2 amide bonds. The first-order valence-corrected chi connectivity index (χ1v) is 13.8. The second-order valence-electron chi connectivity index (χ2n) is 9.83. The number of nitrogens with one attached hydrogen (secondary N) is 1. The van der Waals surface area contributed by atoms with E-state index in [1.54, 1.807) is 49.4 Å². The maximum absolute atomic E-state index is 13.8. The van der Waals surface area contributed by atoms with E-state index in [1.807, 2.05) is 20.8 Å². The molecule has 0 spiro atoms. The van der Waals surface area contributed by atoms with Crippen LogP contribution in [0, 0.1) is 5.82 Å². The molecule has 0 aromatic heterocycles. The fraction of sp³-hybridized carbons (Fsp3) is 0.286. The second kappa shape index (κ2) is 12.0. The maximum Gasteiger partial charge on any atom is 0.264 e. The van der Waals surface area contributed by atoms with Gasteiger partial charge in [0.25, 0.3) is 10.0 Å². The average Bonchev–Trinajstić information content (AvgIpc) is 2.86. The molecule has 0 bridgehead atoms. The van der Waals surface area contributed by atoms with E-state index in [1.165, 1.54) is 29.2 Å². The molecule has 7 nitrogen and oxygen atoms in total. The third-order valence-corrected chi connectivity index (χ3v) is 7.85. The zero-order valence-corrected chi connectivity index (χ0v) is 23.3. The normalized spacial score (nSPS) is 12.5. The van der Waals surface area contributed by atoms with Gasteiger partial charge >= 0.3 is 0 Å². The fourth-order valence-electron chi connectivity index (χ4n) is 3.72. The van der Waals surface area contributed by atoms with Crippen molar-refractivity contribution in [2.24, 2.45) is 0 Å². The molecule has 0 fully saturated rings. The zero-order chi connectivity index (χ0) is 28.1. The molecule has 1 N–H and O–H groups in total. The van der Waals surface area contributed by atoms with Gasteiger partial charge in [-0.15, -0.1) is 0 Å². The molecule has 0 radical (unpaired) electrons. The summed E-state index contributed by atoms with van der Waals surface area (Å²) in [5.41, 5.74) is 0.145. The summed E-state index contributed by atoms with van der Waals surface area (Å²) in [6.07, 6.45) is 0. The summed E-state index contributed by atoms with van der Waals surface area (Å²) < 4.78 is 41.9. The van der Waals surface area contributed by atoms with Gasteiger partial charge in [-0.25, -0.2) is 12.8 Å². The molecule has 3 rings (SSSR count). The molecule has 0 saturated heterocycles. The van der Waals surface area contributed by atoms with Crippen LogP contribution in [0.2, 0.25) is 5.02 Å². The Morgan fingerprint density at radius 2 is 1.53 bits per heavy atom. The molecule has 10 heteroatoms. The van der Waals surface area contributed by atoms with Gasteiger partial charge in [0.05, 0.1) is 10.6 Å². The molecule has 1 atom stereocenters. The summed E-state index contributed by atoms with van der Waals surface area (Å²) in [6.45, 7) is 6.38. The number of sulfonamides is 1. The van der Waals surface area contributed by atoms with Crippen molar-refractivity contribution in [1.29, 1.82) is 0 Å². The summed E-state index contributed by atoms with van der Waals surface area (Å²) in [5.74, 6) is -1.59. The van der Waals surface area contributed by atoms with E-state index < -0.39 is 45.8 Å². The van der Waals surface area contributed by atoms with Gasteiger partial charge in [-0.1, -0.05) is 48.0 Å². The molecule has 0 heterocycles. The monoisotopic (exact) mass is 559 g/mol. The van der Waals surface area contributed by atoms with Crippen LogP contribution in [0.25, 0.3) is 0 Å². The van der Waals surface area contributed by atoms with Gasteiger partial charge in [-0.3, -0.25) is 13.9 Å². The molecule has 0 aliphatic carbocycles. The van der Waals surface area contributed by atoms with Crippen molar-refractivity contribution >= 4 is 39.1 Å². The van der Waals surface area contributed by atoms with Crippen molar-refractivity contribution < 1.29 is 22.4 Å². The Morgan fingerprint density at radius 3 is 2.11 bits per heavy atom. The number of rotatable bonds is 9. The first kappa shape index (κ1) is 29.1. The van der Waals surface area contributed by atoms with Gasteiger partial charge in [0, 0.05) is 17.1 Å². The summed E-state index contributed by atoms with van der Waals surface area (Å²) in [7, 11) is -4.21. The van der Waals surface area contributed by atoms with Crippen LogP contribution < -0.4 is 9.62 Å². The number of anilines is 1. The number of nitrogens with zero attached hydrogens (tertiary/aromatic N) is 2. The molecule has 0 saturated carbocycles. The quantitative estimate of drug-likeness (QED) is 0.399. The highest BCUT2D eigenvalue weighted by molar-refractivity contribution is 7.92. The van der Waals surface area contributed by atoms with Crippen LogP contribution in [-0.2, 0) is 26.2 Å². The van der Waals surface area contributed by atoms with Gasteiger partial charge in [-0.05, 0) is 75.7 Å². The topological polar surface area (TPSA) is 86.8 Å². The Bertz CT molecular complexity index is 1380. The Balaban J connectivity index is 2.03. The van der Waals surface area contributed by atoms with Crippen LogP contribution in [0.3, 0.4) is 0 Å². The van der Waals surface area contributed by atoms with E-state index in [-0.39, 0.29) is 17.1 Å². The highest BCUT2D eigenvalue weighted by Gasteiger charge is 2.33. The molecular formula is C28H31ClFN3O4S. The van der Waals surface area contributed by atoms with Crippen LogP contribution in [0.15, 0.2) is 83.8 Å². The molecule has 0 aliphatic rings. The Labute approximate surface area is 228 Å². The third-order valence-electron chi connectivity index (χ3n) is 5.69. The van der Waals surface area contributed by atoms with E-state index in [4.69, 9.17) is 11.6 Å². The lowest BCUT2D eigenvalue weighted by molar-refractivity contribution is -0.140. The predicted octanol–water partition coefficient (Wildman–Crippen LogP) is 5.01. The SMILES string of the molecule is CC(C(=O)NC(C)(C)C)N(Cc1ccccc1Cl)C(=O)CN(c1ccc(F)cc1)S(=O)(=O)c1ccccc1. The lowest BCUT2D eigenvalue weighted by atomic mass is 10.1. The zero-order valence-electron chi connectivity index (χ0n) is 21.7. The molecular weight excluding hydrogens is 529 g/mol. The van der Waals surface area contributed by atoms with Gasteiger partial charge < -0.3 is 10.2 Å². The molecule has 1 unspecified atom stereocenters. The minimum Gasteiger partial charge on any atom is -0.350 e. The number of hydrogen-bond acceptors (Lipinski definition) is 4. The summed E-state index contributed by atoms with van der Waals surface area (Å²) >= 11 is 6.35. The van der Waals surface area contributed by atoms with Gasteiger partial charge in [0.2, 0.25) is 11.8 Å². The minimum atomic E-state index is -4.21. The molecule has 202 valence electrons. The first-order chi connectivity index (χ1) is 17.8. The van der Waals surface area contributed by atoms with E-state index in [9.17, 15) is 22.4 Å². The molecule has 3 aromatic rings. The van der Waals surface area contributed by atoms with Crippen molar-refractivity contribution in [3.63, 3.8) is 0 Å². The highest BCUT2D eigenvalue weighted by Crippen LogP contribution is 2.25. The van der Waals surface area contributed by atoms with Crippen molar-refractivity contribution in [3.05, 3.63) is 95.3 Å². The smallest absolute Gasteiger partial charge is 0.264 e. The lowest BCUT2D eigenvalue weighted by Crippen LogP contribution is -2.54. The lowest BCUT2D eigenvalue weighted by Gasteiger charge is -2.33. The highest BCUT2D eigenvalue weighted by atomic mass is 35.5. The van der Waals surface area contributed by atoms with Crippen LogP contribution >= 0.6 is 11.6 Å². The van der Waals surface area contributed by atoms with Crippen LogP contribution in [0.1, 0.15) is 33.3 Å². The summed E-state index contributed by atoms with van der Waals surface area (Å²) in [6, 6.07) is 18.4. The Kier molecular flexibility index (Phi) is 9.17. The van der Waals surface area contributed by atoms with Crippen molar-refractivity contribution in [2.75, 3.05) is 10.8 Å². The minimum absolute atomic E-state index is 0.0279. The first-order valence-electron chi connectivity index (χ1n) is 12.0. The van der Waals surface area contributed by atoms with Crippen LogP contribution in [0.5, 0.6) is 0 Å². The fourth-order valence-corrected chi connectivity index (χ4v) is 5.35. The number of amides is 2. The Morgan fingerprint density at radius 1 is 0.947 bits per heavy atom. The van der Waals surface area contributed by atoms with Gasteiger partial charge in [0.15, 0.2) is 0 Å². The largest absolute Gasteiger partial charge is 0.350 e. The van der Waals surface area contributed by atoms with Crippen LogP contribution in [-0.4, -0.2) is 43.3 Å². The van der Waals surface area contributed by atoms with Crippen LogP contribution in [0.4, 0.5) is 10.1 Å². The number of benzene rings is 3. The van der Waals surface area contributed by atoms with E-state index in [0.717, 1.165) is 16.4 Å². The van der Waals surface area contributed by atoms with Crippen molar-refractivity contribution in [3.8, 4) is 0 Å². The molecule has 3 aromatic carbocycles. The Hall–Kier alpha value is -3.43. The van der Waals surface area contributed by atoms with E-state index in [0.29, 0.717) is 10.6 Å². The number of carbonyl (C=O) groups excluding carboxylic acids is 2. The van der Waals surface area contributed by atoms with Crippen molar-refractivity contribution in [1.82, 2.24) is 10.2 Å². The molecule has 38 heavy (non-hydrogen) atoms. The van der Waals surface area contributed by atoms with E-state index >= 15 is 0 Å². The third kappa shape index (κ3) is 7.33. The maximum atomic E-state index is 13.8. The number of carbonyl (C=O) groups is 2. The summed E-state index contributed by atoms with van der Waals surface area (Å²) in [4.78, 5) is 28.2.